The number of para-hydroxylation sites is 2. The van der Waals surface area contributed by atoms with E-state index >= 15 is 0 Å². The van der Waals surface area contributed by atoms with Gasteiger partial charge in [0.15, 0.2) is 11.5 Å². The highest BCUT2D eigenvalue weighted by molar-refractivity contribution is 5.47. The van der Waals surface area contributed by atoms with Gasteiger partial charge in [0.1, 0.15) is 11.6 Å². The van der Waals surface area contributed by atoms with E-state index in [1.807, 2.05) is 31.2 Å². The smallest absolute Gasteiger partial charge is 0.169 e. The van der Waals surface area contributed by atoms with Crippen LogP contribution in [-0.2, 0) is 0 Å². The Morgan fingerprint density at radius 1 is 1.14 bits per heavy atom. The van der Waals surface area contributed by atoms with Crippen LogP contribution in [0.5, 0.6) is 17.2 Å². The third-order valence-corrected chi connectivity index (χ3v) is 3.15. The third-order valence-electron chi connectivity index (χ3n) is 3.15. The number of halogens is 1. The van der Waals surface area contributed by atoms with Gasteiger partial charge in [-0.2, -0.15) is 0 Å². The molecule has 2 rings (SSSR count). The Balaban J connectivity index is 2.41. The van der Waals surface area contributed by atoms with Crippen LogP contribution in [0.25, 0.3) is 0 Å². The Morgan fingerprint density at radius 3 is 2.43 bits per heavy atom. The SMILES string of the molecule is CCOc1ccccc1Oc1cc(C)c(F)cc1C(C)N. The molecule has 2 aromatic rings. The number of hydrogen-bond acceptors (Lipinski definition) is 3. The summed E-state index contributed by atoms with van der Waals surface area (Å²) in [4.78, 5) is 0. The molecule has 4 heteroatoms. The zero-order chi connectivity index (χ0) is 15.4. The molecule has 0 aliphatic rings. The molecule has 0 heterocycles. The zero-order valence-electron chi connectivity index (χ0n) is 12.5. The lowest BCUT2D eigenvalue weighted by Gasteiger charge is -2.17. The van der Waals surface area contributed by atoms with Crippen molar-refractivity contribution in [2.45, 2.75) is 26.8 Å². The Kier molecular flexibility index (Phi) is 4.81. The molecule has 0 saturated heterocycles. The van der Waals surface area contributed by atoms with E-state index in [-0.39, 0.29) is 11.9 Å². The molecule has 0 aliphatic heterocycles. The highest BCUT2D eigenvalue weighted by atomic mass is 19.1. The molecule has 3 nitrogen and oxygen atoms in total. The largest absolute Gasteiger partial charge is 0.490 e. The number of benzene rings is 2. The number of ether oxygens (including phenoxy) is 2. The summed E-state index contributed by atoms with van der Waals surface area (Å²) in [6.45, 7) is 5.95. The predicted molar refractivity (Wildman–Crippen MR) is 81.4 cm³/mol. The maximum Gasteiger partial charge on any atom is 0.169 e. The van der Waals surface area contributed by atoms with Crippen molar-refractivity contribution in [2.75, 3.05) is 6.61 Å². The van der Waals surface area contributed by atoms with Crippen LogP contribution >= 0.6 is 0 Å². The Labute approximate surface area is 124 Å². The minimum absolute atomic E-state index is 0.284. The summed E-state index contributed by atoms with van der Waals surface area (Å²) < 4.78 is 25.2. The van der Waals surface area contributed by atoms with E-state index in [0.717, 1.165) is 0 Å². The van der Waals surface area contributed by atoms with Crippen molar-refractivity contribution in [3.8, 4) is 17.2 Å². The summed E-state index contributed by atoms with van der Waals surface area (Å²) in [6.07, 6.45) is 0. The van der Waals surface area contributed by atoms with Gasteiger partial charge in [0.05, 0.1) is 6.61 Å². The highest BCUT2D eigenvalue weighted by Gasteiger charge is 2.14. The Bertz CT molecular complexity index is 626. The first-order valence-electron chi connectivity index (χ1n) is 6.98. The van der Waals surface area contributed by atoms with E-state index in [9.17, 15) is 4.39 Å². The van der Waals surface area contributed by atoms with E-state index in [2.05, 4.69) is 0 Å². The first-order valence-corrected chi connectivity index (χ1v) is 6.98. The lowest BCUT2D eigenvalue weighted by molar-refractivity contribution is 0.320. The van der Waals surface area contributed by atoms with Crippen LogP contribution in [0.2, 0.25) is 0 Å². The van der Waals surface area contributed by atoms with Gasteiger partial charge in [-0.15, -0.1) is 0 Å². The third kappa shape index (κ3) is 3.52. The van der Waals surface area contributed by atoms with Crippen LogP contribution < -0.4 is 15.2 Å². The first kappa shape index (κ1) is 15.3. The van der Waals surface area contributed by atoms with Crippen LogP contribution in [0.3, 0.4) is 0 Å². The molecular formula is C17H20FNO2. The lowest BCUT2D eigenvalue weighted by atomic mass is 10.0. The summed E-state index contributed by atoms with van der Waals surface area (Å²) >= 11 is 0. The minimum atomic E-state index is -0.325. The van der Waals surface area contributed by atoms with Crippen molar-refractivity contribution in [3.05, 3.63) is 53.3 Å². The van der Waals surface area contributed by atoms with Crippen molar-refractivity contribution in [3.63, 3.8) is 0 Å². The molecule has 0 amide bonds. The number of rotatable bonds is 5. The minimum Gasteiger partial charge on any atom is -0.490 e. The van der Waals surface area contributed by atoms with Gasteiger partial charge in [0.2, 0.25) is 0 Å². The second kappa shape index (κ2) is 6.59. The summed E-state index contributed by atoms with van der Waals surface area (Å²) in [5, 5.41) is 0. The van der Waals surface area contributed by atoms with Gasteiger partial charge < -0.3 is 15.2 Å². The van der Waals surface area contributed by atoms with Crippen LogP contribution in [0.4, 0.5) is 4.39 Å². The van der Waals surface area contributed by atoms with Crippen molar-refractivity contribution < 1.29 is 13.9 Å². The molecule has 0 aliphatic carbocycles. The van der Waals surface area contributed by atoms with Gasteiger partial charge in [0.25, 0.3) is 0 Å². The van der Waals surface area contributed by atoms with Crippen molar-refractivity contribution in [2.24, 2.45) is 5.73 Å². The summed E-state index contributed by atoms with van der Waals surface area (Å²) in [5.74, 6) is 1.51. The van der Waals surface area contributed by atoms with Gasteiger partial charge in [-0.3, -0.25) is 0 Å². The van der Waals surface area contributed by atoms with Gasteiger partial charge in [0, 0.05) is 11.6 Å². The van der Waals surface area contributed by atoms with E-state index < -0.39 is 0 Å². The average Bonchev–Trinajstić information content (AvgIpc) is 2.44. The molecule has 0 aromatic heterocycles. The van der Waals surface area contributed by atoms with Crippen molar-refractivity contribution >= 4 is 0 Å². The molecule has 2 N–H and O–H groups in total. The average molecular weight is 289 g/mol. The summed E-state index contributed by atoms with van der Waals surface area (Å²) in [5.41, 5.74) is 7.05. The predicted octanol–water partition coefficient (Wildman–Crippen LogP) is 4.34. The molecule has 1 atom stereocenters. The highest BCUT2D eigenvalue weighted by Crippen LogP contribution is 2.35. The molecule has 0 spiro atoms. The monoisotopic (exact) mass is 289 g/mol. The quantitative estimate of drug-likeness (QED) is 0.890. The van der Waals surface area contributed by atoms with Crippen molar-refractivity contribution in [1.29, 1.82) is 0 Å². The van der Waals surface area contributed by atoms with Gasteiger partial charge in [-0.05, 0) is 50.6 Å². The summed E-state index contributed by atoms with van der Waals surface area (Å²) in [6, 6.07) is 10.2. The molecule has 21 heavy (non-hydrogen) atoms. The van der Waals surface area contributed by atoms with Crippen LogP contribution in [-0.4, -0.2) is 6.61 Å². The standard InChI is InChI=1S/C17H20FNO2/c1-4-20-15-7-5-6-8-16(15)21-17-9-11(2)14(18)10-13(17)12(3)19/h5-10,12H,4,19H2,1-3H3. The van der Waals surface area contributed by atoms with Crippen LogP contribution in [0, 0.1) is 12.7 Å². The van der Waals surface area contributed by atoms with Crippen LogP contribution in [0.15, 0.2) is 36.4 Å². The molecule has 112 valence electrons. The van der Waals surface area contributed by atoms with E-state index in [4.69, 9.17) is 15.2 Å². The number of nitrogens with two attached hydrogens (primary N) is 1. The maximum absolute atomic E-state index is 13.7. The molecular weight excluding hydrogens is 269 g/mol. The van der Waals surface area contributed by atoms with E-state index in [0.29, 0.717) is 35.0 Å². The van der Waals surface area contributed by atoms with Gasteiger partial charge in [-0.25, -0.2) is 4.39 Å². The van der Waals surface area contributed by atoms with Crippen molar-refractivity contribution in [1.82, 2.24) is 0 Å². The first-order chi connectivity index (χ1) is 10.0. The normalized spacial score (nSPS) is 12.0. The molecule has 2 aromatic carbocycles. The number of hydrogen-bond donors (Lipinski definition) is 1. The molecule has 1 unspecified atom stereocenters. The topological polar surface area (TPSA) is 44.5 Å². The van der Waals surface area contributed by atoms with Gasteiger partial charge in [-0.1, -0.05) is 12.1 Å². The Hall–Kier alpha value is -2.07. The van der Waals surface area contributed by atoms with Gasteiger partial charge >= 0.3 is 0 Å². The molecule has 0 fully saturated rings. The fourth-order valence-corrected chi connectivity index (χ4v) is 2.04. The fraction of sp³-hybridized carbons (Fsp3) is 0.294. The fourth-order valence-electron chi connectivity index (χ4n) is 2.04. The Morgan fingerprint density at radius 2 is 1.81 bits per heavy atom. The van der Waals surface area contributed by atoms with E-state index in [1.54, 1.807) is 19.9 Å². The molecule has 0 radical (unpaired) electrons. The lowest BCUT2D eigenvalue weighted by Crippen LogP contribution is -2.08. The van der Waals surface area contributed by atoms with E-state index in [1.165, 1.54) is 6.07 Å². The number of aryl methyl sites for hydroxylation is 1. The van der Waals surface area contributed by atoms with Crippen LogP contribution in [0.1, 0.15) is 31.0 Å². The summed E-state index contributed by atoms with van der Waals surface area (Å²) in [7, 11) is 0. The zero-order valence-corrected chi connectivity index (χ0v) is 12.5. The second-order valence-electron chi connectivity index (χ2n) is 4.91. The maximum atomic E-state index is 13.7. The molecule has 0 saturated carbocycles. The molecule has 0 bridgehead atoms. The second-order valence-corrected chi connectivity index (χ2v) is 4.91.